The average molecular weight is 687 g/mol. The van der Waals surface area contributed by atoms with E-state index in [0.29, 0.717) is 0 Å². The molecule has 2 aliphatic heterocycles. The first-order valence-corrected chi connectivity index (χ1v) is 14.4. The Labute approximate surface area is 262 Å². The second-order valence-corrected chi connectivity index (χ2v) is 10.8. The van der Waals surface area contributed by atoms with Crippen molar-refractivity contribution in [1.82, 2.24) is 0 Å². The fourth-order valence-electron chi connectivity index (χ4n) is 4.46. The van der Waals surface area contributed by atoms with Crippen LogP contribution in [0.2, 0.25) is 0 Å². The number of hydrogen-bond acceptors (Lipinski definition) is 21. The molecule has 2 rings (SSSR count). The van der Waals surface area contributed by atoms with Gasteiger partial charge in [-0.3, -0.25) is 0 Å². The molecule has 0 saturated carbocycles. The Balaban J connectivity index is 0.000000460. The lowest BCUT2D eigenvalue weighted by molar-refractivity contribution is -0.327. The molecule has 0 aromatic rings. The van der Waals surface area contributed by atoms with Gasteiger partial charge in [-0.1, -0.05) is 6.92 Å². The molecule has 2 heterocycles. The monoisotopic (exact) mass is 686 g/mol. The lowest BCUT2D eigenvalue weighted by atomic mass is 9.98. The van der Waals surface area contributed by atoms with E-state index in [2.05, 4.69) is 0 Å². The standard InChI is InChI=1S/C13H26O10.C12H24O11/c1-2-5(16)12(8(18)6(17)3-14)23-13-11(21)10(20)9(19)7(4-15)22-13;13-1-4(16)7(18)11(5(17)2-14)23-12-10(21)9(20)8(19)6(3-15)22-12/h5-21H,2-4H2,1H3;4-21H,1-3H2/t5-,6+,7?,8-,9-,10-,11?,12-,13-;4-,5+,6?,7+,8-,9-,10?,11+,12-/m10/s1. The summed E-state index contributed by atoms with van der Waals surface area (Å²) in [5.74, 6) is 0. The van der Waals surface area contributed by atoms with Crippen molar-refractivity contribution < 1.29 is 106 Å². The summed E-state index contributed by atoms with van der Waals surface area (Å²) >= 11 is 0. The van der Waals surface area contributed by atoms with Crippen LogP contribution >= 0.6 is 0 Å². The number of ether oxygens (including phenoxy) is 4. The lowest BCUT2D eigenvalue weighted by Gasteiger charge is -2.42. The van der Waals surface area contributed by atoms with Gasteiger partial charge in [-0.15, -0.1) is 0 Å². The lowest BCUT2D eigenvalue weighted by Crippen LogP contribution is -2.61. The summed E-state index contributed by atoms with van der Waals surface area (Å²) in [6, 6.07) is 0. The van der Waals surface area contributed by atoms with Gasteiger partial charge in [0.25, 0.3) is 0 Å². The zero-order chi connectivity index (χ0) is 35.5. The molecule has 2 aliphatic rings. The minimum absolute atomic E-state index is 0.122. The normalized spacial score (nSPS) is 37.2. The molecule has 0 bridgehead atoms. The Morgan fingerprint density at radius 3 is 1.09 bits per heavy atom. The molecule has 2 saturated heterocycles. The summed E-state index contributed by atoms with van der Waals surface area (Å²) in [6.07, 6.45) is -28.7. The SMILES string of the molecule is CC[C@@H](O)[C@@H](O[C@H]1OC(CO)[C@@H](O)[C@@H](O)C1O)[C@H](O)[C@@H](O)CO.OCC1O[C@@H](O[C@@H]([C@H](O)[C@@H](O)CO)[C@H](O)CO)C(O)[C@@H](O)[C@H]1O. The predicted molar refractivity (Wildman–Crippen MR) is 145 cm³/mol. The van der Waals surface area contributed by atoms with E-state index in [1.807, 2.05) is 0 Å². The predicted octanol–water partition coefficient (Wildman–Crippen LogP) is -10.1. The van der Waals surface area contributed by atoms with E-state index in [4.69, 9.17) is 44.5 Å². The van der Waals surface area contributed by atoms with Gasteiger partial charge in [-0.2, -0.15) is 0 Å². The van der Waals surface area contributed by atoms with Crippen molar-refractivity contribution in [2.24, 2.45) is 0 Å². The highest BCUT2D eigenvalue weighted by atomic mass is 16.7. The van der Waals surface area contributed by atoms with Crippen LogP contribution in [-0.2, 0) is 18.9 Å². The van der Waals surface area contributed by atoms with Crippen molar-refractivity contribution in [2.75, 3.05) is 33.0 Å². The second-order valence-electron chi connectivity index (χ2n) is 10.8. The highest BCUT2D eigenvalue weighted by Crippen LogP contribution is 2.26. The number of hydrogen-bond donors (Lipinski definition) is 17. The zero-order valence-electron chi connectivity index (χ0n) is 24.9. The summed E-state index contributed by atoms with van der Waals surface area (Å²) in [4.78, 5) is 0. The fraction of sp³-hybridized carbons (Fsp3) is 1.00. The Hall–Kier alpha value is -0.840. The third-order valence-electron chi connectivity index (χ3n) is 7.48. The van der Waals surface area contributed by atoms with Crippen LogP contribution < -0.4 is 0 Å². The molecule has 0 aliphatic carbocycles. The van der Waals surface area contributed by atoms with Gasteiger partial charge in [0.1, 0.15) is 91.6 Å². The molecule has 276 valence electrons. The minimum Gasteiger partial charge on any atom is -0.394 e. The van der Waals surface area contributed by atoms with Crippen LogP contribution in [0.1, 0.15) is 13.3 Å². The van der Waals surface area contributed by atoms with E-state index in [9.17, 15) is 61.3 Å². The molecular weight excluding hydrogens is 636 g/mol. The van der Waals surface area contributed by atoms with Crippen molar-refractivity contribution in [3.8, 4) is 0 Å². The van der Waals surface area contributed by atoms with Crippen LogP contribution in [0, 0.1) is 0 Å². The maximum Gasteiger partial charge on any atom is 0.187 e. The van der Waals surface area contributed by atoms with Crippen molar-refractivity contribution in [3.05, 3.63) is 0 Å². The van der Waals surface area contributed by atoms with Gasteiger partial charge in [-0.05, 0) is 6.42 Å². The van der Waals surface area contributed by atoms with Crippen LogP contribution in [0.4, 0.5) is 0 Å². The smallest absolute Gasteiger partial charge is 0.187 e. The number of rotatable bonds is 16. The molecule has 46 heavy (non-hydrogen) atoms. The Bertz CT molecular complexity index is 746. The van der Waals surface area contributed by atoms with Gasteiger partial charge in [-0.25, -0.2) is 0 Å². The molecule has 21 nitrogen and oxygen atoms in total. The van der Waals surface area contributed by atoms with Gasteiger partial charge >= 0.3 is 0 Å². The molecule has 18 atom stereocenters. The first kappa shape index (κ1) is 43.2. The average Bonchev–Trinajstić information content (AvgIpc) is 3.07. The van der Waals surface area contributed by atoms with E-state index in [-0.39, 0.29) is 6.42 Å². The molecule has 2 fully saturated rings. The minimum atomic E-state index is -1.85. The van der Waals surface area contributed by atoms with Crippen LogP contribution in [0.25, 0.3) is 0 Å². The highest BCUT2D eigenvalue weighted by molar-refractivity contribution is 4.92. The molecular formula is C25H50O21. The Morgan fingerprint density at radius 1 is 0.478 bits per heavy atom. The van der Waals surface area contributed by atoms with Crippen molar-refractivity contribution >= 4 is 0 Å². The molecule has 0 aromatic carbocycles. The second kappa shape index (κ2) is 20.6. The van der Waals surface area contributed by atoms with Crippen molar-refractivity contribution in [2.45, 2.75) is 124 Å². The topological polar surface area (TPSA) is 381 Å². The first-order valence-electron chi connectivity index (χ1n) is 14.4. The van der Waals surface area contributed by atoms with E-state index in [1.165, 1.54) is 0 Å². The summed E-state index contributed by atoms with van der Waals surface area (Å²) in [5, 5.41) is 161. The van der Waals surface area contributed by atoms with E-state index in [0.717, 1.165) is 0 Å². The summed E-state index contributed by atoms with van der Waals surface area (Å²) in [7, 11) is 0. The van der Waals surface area contributed by atoms with Crippen LogP contribution in [0.15, 0.2) is 0 Å². The van der Waals surface area contributed by atoms with Gasteiger partial charge in [0.15, 0.2) is 12.6 Å². The van der Waals surface area contributed by atoms with E-state index < -0.39 is 143 Å². The Kier molecular flexibility index (Phi) is 19.4. The van der Waals surface area contributed by atoms with Crippen LogP contribution in [-0.4, -0.2) is 230 Å². The molecule has 17 N–H and O–H groups in total. The maximum atomic E-state index is 9.94. The molecule has 0 aromatic heterocycles. The Morgan fingerprint density at radius 2 is 0.804 bits per heavy atom. The third kappa shape index (κ3) is 11.1. The van der Waals surface area contributed by atoms with E-state index >= 15 is 0 Å². The number of aliphatic hydroxyl groups excluding tert-OH is 17. The molecule has 21 heteroatoms. The summed E-state index contributed by atoms with van der Waals surface area (Å²) in [6.45, 7) is -2.32. The van der Waals surface area contributed by atoms with Crippen LogP contribution in [0.5, 0.6) is 0 Å². The quantitative estimate of drug-likeness (QED) is 0.0716. The maximum absolute atomic E-state index is 9.94. The van der Waals surface area contributed by atoms with Crippen LogP contribution in [0.3, 0.4) is 0 Å². The fourth-order valence-corrected chi connectivity index (χ4v) is 4.46. The third-order valence-corrected chi connectivity index (χ3v) is 7.48. The molecule has 4 unspecified atom stereocenters. The van der Waals surface area contributed by atoms with Gasteiger partial charge in [0.05, 0.1) is 39.1 Å². The highest BCUT2D eigenvalue weighted by Gasteiger charge is 2.48. The van der Waals surface area contributed by atoms with Crippen molar-refractivity contribution in [3.63, 3.8) is 0 Å². The van der Waals surface area contributed by atoms with Gasteiger partial charge < -0.3 is 106 Å². The molecule has 0 spiro atoms. The largest absolute Gasteiger partial charge is 0.394 e. The molecule has 0 amide bonds. The van der Waals surface area contributed by atoms with Gasteiger partial charge in [0, 0.05) is 0 Å². The number of aliphatic hydroxyl groups is 17. The summed E-state index contributed by atoms with van der Waals surface area (Å²) < 4.78 is 20.5. The van der Waals surface area contributed by atoms with E-state index in [1.54, 1.807) is 6.92 Å². The zero-order valence-corrected chi connectivity index (χ0v) is 24.9. The summed E-state index contributed by atoms with van der Waals surface area (Å²) in [5.41, 5.74) is 0. The first-order chi connectivity index (χ1) is 21.6. The van der Waals surface area contributed by atoms with Gasteiger partial charge in [0.2, 0.25) is 0 Å². The molecule has 0 radical (unpaired) electrons. The van der Waals surface area contributed by atoms with Crippen molar-refractivity contribution in [1.29, 1.82) is 0 Å².